The van der Waals surface area contributed by atoms with Crippen LogP contribution >= 0.6 is 0 Å². The Labute approximate surface area is 125 Å². The van der Waals surface area contributed by atoms with Crippen LogP contribution in [0.15, 0.2) is 12.3 Å². The molecule has 23 heavy (non-hydrogen) atoms. The maximum Gasteiger partial charge on any atom is 0.418 e. The van der Waals surface area contributed by atoms with Crippen LogP contribution in [0.25, 0.3) is 0 Å². The van der Waals surface area contributed by atoms with Gasteiger partial charge in [-0.1, -0.05) is 0 Å². The van der Waals surface area contributed by atoms with Gasteiger partial charge >= 0.3 is 18.4 Å². The van der Waals surface area contributed by atoms with Crippen LogP contribution in [0.2, 0.25) is 0 Å². The van der Waals surface area contributed by atoms with Crippen LogP contribution in [0.5, 0.6) is 5.88 Å². The number of carbonyl (C=O) groups is 1. The topological polar surface area (TPSA) is 97.5 Å². The summed E-state index contributed by atoms with van der Waals surface area (Å²) in [6, 6.07) is 0.446. The number of nitrogens with two attached hydrogens (primary N) is 1. The number of amides is 1. The molecule has 4 N–H and O–H groups in total. The lowest BCUT2D eigenvalue weighted by molar-refractivity contribution is -0.249. The Morgan fingerprint density at radius 1 is 1.35 bits per heavy atom. The quantitative estimate of drug-likeness (QED) is 0.728. The zero-order valence-electron chi connectivity index (χ0n) is 11.4. The first-order valence-electron chi connectivity index (χ1n) is 5.81. The van der Waals surface area contributed by atoms with E-state index >= 15 is 0 Å². The molecule has 0 aromatic carbocycles. The minimum Gasteiger partial charge on any atom is -0.394 e. The second-order valence-electron chi connectivity index (χ2n) is 4.63. The highest BCUT2D eigenvalue weighted by Crippen LogP contribution is 2.32. The van der Waals surface area contributed by atoms with E-state index in [1.807, 2.05) is 0 Å². The maximum absolute atomic E-state index is 12.4. The predicted octanol–water partition coefficient (Wildman–Crippen LogP) is 2.08. The van der Waals surface area contributed by atoms with E-state index in [0.29, 0.717) is 19.2 Å². The van der Waals surface area contributed by atoms with E-state index in [1.165, 1.54) is 0 Å². The Kier molecular flexibility index (Phi) is 4.99. The van der Waals surface area contributed by atoms with Crippen molar-refractivity contribution >= 4 is 11.8 Å². The molecule has 0 aliphatic carbocycles. The average molecular weight is 347 g/mol. The Balaban J connectivity index is 2.72. The number of halogens is 6. The molecule has 0 aliphatic rings. The number of aliphatic hydroxyl groups is 1. The van der Waals surface area contributed by atoms with Gasteiger partial charge in [-0.2, -0.15) is 26.3 Å². The van der Waals surface area contributed by atoms with Crippen LogP contribution in [-0.2, 0) is 6.18 Å². The number of nitrogens with one attached hydrogen (secondary N) is 1. The molecule has 0 bridgehead atoms. The van der Waals surface area contributed by atoms with Crippen molar-refractivity contribution in [2.45, 2.75) is 24.9 Å². The molecule has 1 aromatic heterocycles. The highest BCUT2D eigenvalue weighted by molar-refractivity contribution is 5.72. The van der Waals surface area contributed by atoms with Gasteiger partial charge in [0.15, 0.2) is 5.60 Å². The second kappa shape index (κ2) is 6.10. The van der Waals surface area contributed by atoms with Gasteiger partial charge in [0.25, 0.3) is 0 Å². The Hall–Kier alpha value is -2.24. The summed E-state index contributed by atoms with van der Waals surface area (Å²) >= 11 is 0. The Morgan fingerprint density at radius 2 is 1.91 bits per heavy atom. The number of aromatic nitrogens is 1. The molecule has 6 nitrogen and oxygen atoms in total. The summed E-state index contributed by atoms with van der Waals surface area (Å²) in [7, 11) is 0. The zero-order chi connectivity index (χ0) is 18.1. The molecule has 12 heteroatoms. The van der Waals surface area contributed by atoms with Gasteiger partial charge in [0.05, 0.1) is 17.8 Å². The lowest BCUT2D eigenvalue weighted by Crippen LogP contribution is -2.51. The molecular weight excluding hydrogens is 336 g/mol. The number of hydrogen-bond acceptors (Lipinski definition) is 5. The highest BCUT2D eigenvalue weighted by atomic mass is 19.4. The van der Waals surface area contributed by atoms with Crippen LogP contribution in [-0.4, -0.2) is 34.5 Å². The van der Waals surface area contributed by atoms with E-state index in [9.17, 15) is 31.1 Å². The van der Waals surface area contributed by atoms with Crippen molar-refractivity contribution in [2.75, 3.05) is 12.3 Å². The summed E-state index contributed by atoms with van der Waals surface area (Å²) in [5.41, 5.74) is 0.171. The fourth-order valence-corrected chi connectivity index (χ4v) is 1.18. The lowest BCUT2D eigenvalue weighted by Gasteiger charge is -2.26. The van der Waals surface area contributed by atoms with E-state index < -0.39 is 47.7 Å². The smallest absolute Gasteiger partial charge is 0.394 e. The number of alkyl halides is 6. The molecule has 0 saturated heterocycles. The summed E-state index contributed by atoms with van der Waals surface area (Å²) < 4.78 is 78.6. The van der Waals surface area contributed by atoms with E-state index in [4.69, 9.17) is 10.8 Å². The molecule has 1 rings (SSSR count). The largest absolute Gasteiger partial charge is 0.418 e. The molecule has 1 heterocycles. The van der Waals surface area contributed by atoms with Gasteiger partial charge in [-0.3, -0.25) is 0 Å². The lowest BCUT2D eigenvalue weighted by atomic mass is 10.1. The van der Waals surface area contributed by atoms with E-state index in [0.717, 1.165) is 0 Å². The molecule has 130 valence electrons. The Morgan fingerprint density at radius 3 is 2.35 bits per heavy atom. The van der Waals surface area contributed by atoms with Crippen molar-refractivity contribution in [1.82, 2.24) is 10.3 Å². The first kappa shape index (κ1) is 18.8. The van der Waals surface area contributed by atoms with Crippen molar-refractivity contribution in [1.29, 1.82) is 0 Å². The number of nitrogen functional groups attached to an aromatic ring is 1. The van der Waals surface area contributed by atoms with Gasteiger partial charge in [-0.15, -0.1) is 0 Å². The summed E-state index contributed by atoms with van der Waals surface area (Å²) in [5, 5.41) is 10.7. The molecule has 1 unspecified atom stereocenters. The molecule has 1 amide bonds. The van der Waals surface area contributed by atoms with Crippen molar-refractivity contribution in [2.24, 2.45) is 0 Å². The normalized spacial score (nSPS) is 15.0. The molecule has 0 fully saturated rings. The first-order valence-corrected chi connectivity index (χ1v) is 5.81. The van der Waals surface area contributed by atoms with Gasteiger partial charge in [-0.05, 0) is 13.0 Å². The number of nitrogens with zero attached hydrogens (tertiary/aromatic N) is 1. The van der Waals surface area contributed by atoms with Crippen molar-refractivity contribution in [3.8, 4) is 5.88 Å². The van der Waals surface area contributed by atoms with E-state index in [1.54, 1.807) is 5.32 Å². The maximum atomic E-state index is 12.4. The van der Waals surface area contributed by atoms with Gasteiger partial charge in [0, 0.05) is 6.20 Å². The van der Waals surface area contributed by atoms with Crippen molar-refractivity contribution in [3.05, 3.63) is 17.8 Å². The molecule has 0 spiro atoms. The summed E-state index contributed by atoms with van der Waals surface area (Å²) in [6.45, 7) is -0.826. The minimum absolute atomic E-state index is 0.338. The molecule has 0 saturated carbocycles. The van der Waals surface area contributed by atoms with E-state index in [2.05, 4.69) is 9.72 Å². The first-order chi connectivity index (χ1) is 10.2. The van der Waals surface area contributed by atoms with Crippen LogP contribution in [0.1, 0.15) is 12.5 Å². The van der Waals surface area contributed by atoms with Crippen LogP contribution in [0.3, 0.4) is 0 Å². The third-order valence-corrected chi connectivity index (χ3v) is 2.58. The molecule has 0 aliphatic heterocycles. The third-order valence-electron chi connectivity index (χ3n) is 2.58. The number of hydrogen-bond donors (Lipinski definition) is 3. The van der Waals surface area contributed by atoms with Crippen LogP contribution in [0.4, 0.5) is 36.8 Å². The fraction of sp³-hybridized carbons (Fsp3) is 0.455. The SMILES string of the molecule is CC(O)(CNC(=O)Oc1ncc(C(F)(F)F)cc1N)C(F)(F)F. The zero-order valence-corrected chi connectivity index (χ0v) is 11.4. The second-order valence-corrected chi connectivity index (χ2v) is 4.63. The van der Waals surface area contributed by atoms with E-state index in [-0.39, 0.29) is 0 Å². The van der Waals surface area contributed by atoms with Crippen molar-refractivity contribution < 1.29 is 41.0 Å². The molecule has 1 aromatic rings. The van der Waals surface area contributed by atoms with Gasteiger partial charge in [0.2, 0.25) is 5.88 Å². The number of rotatable bonds is 3. The Bertz CT molecular complexity index is 585. The average Bonchev–Trinajstić information content (AvgIpc) is 2.36. The molecule has 0 radical (unpaired) electrons. The predicted molar refractivity (Wildman–Crippen MR) is 64.4 cm³/mol. The van der Waals surface area contributed by atoms with Crippen LogP contribution < -0.4 is 15.8 Å². The number of pyridine rings is 1. The van der Waals surface area contributed by atoms with Gasteiger partial charge in [0.1, 0.15) is 0 Å². The summed E-state index contributed by atoms with van der Waals surface area (Å²) in [6.07, 6.45) is -10.9. The summed E-state index contributed by atoms with van der Waals surface area (Å²) in [5.74, 6) is -0.720. The minimum atomic E-state index is -5.01. The third kappa shape index (κ3) is 4.87. The number of carbonyl (C=O) groups excluding carboxylic acids is 1. The number of ether oxygens (including phenoxy) is 1. The monoisotopic (exact) mass is 347 g/mol. The van der Waals surface area contributed by atoms with Crippen LogP contribution in [0, 0.1) is 0 Å². The van der Waals surface area contributed by atoms with Crippen molar-refractivity contribution in [3.63, 3.8) is 0 Å². The molecular formula is C11H11F6N3O3. The van der Waals surface area contributed by atoms with Gasteiger partial charge in [-0.25, -0.2) is 9.78 Å². The van der Waals surface area contributed by atoms with Gasteiger partial charge < -0.3 is 20.9 Å². The molecule has 1 atom stereocenters. The highest BCUT2D eigenvalue weighted by Gasteiger charge is 2.50. The summed E-state index contributed by atoms with van der Waals surface area (Å²) in [4.78, 5) is 14.5. The fourth-order valence-electron chi connectivity index (χ4n) is 1.18. The number of anilines is 1. The standard InChI is InChI=1S/C11H11F6N3O3/c1-9(22,11(15,16)17)4-20-8(21)23-7-6(18)2-5(3-19-7)10(12,13)14/h2-3,22H,4,18H2,1H3,(H,20,21).